The number of hydrogen-bond acceptors (Lipinski definition) is 4. The Bertz CT molecular complexity index is 1260. The summed E-state index contributed by atoms with van der Waals surface area (Å²) in [4.78, 5) is 16.0. The summed E-state index contributed by atoms with van der Waals surface area (Å²) in [6.45, 7) is -0.333. The molecular weight excluding hydrogens is 411 g/mol. The van der Waals surface area contributed by atoms with E-state index in [0.29, 0.717) is 39.2 Å². The smallest absolute Gasteiger partial charge is 0.457 e. The molecule has 1 heterocycles. The van der Waals surface area contributed by atoms with Crippen LogP contribution < -0.4 is 14.9 Å². The van der Waals surface area contributed by atoms with Crippen molar-refractivity contribution in [3.05, 3.63) is 88.7 Å². The number of alkyl halides is 3. The number of nitrogens with one attached hydrogen (secondary N) is 1. The fraction of sp³-hybridized carbons (Fsp3) is 0.0870. The lowest BCUT2D eigenvalue weighted by Crippen LogP contribution is -2.16. The Balaban J connectivity index is 1.59. The molecule has 0 spiro atoms. The van der Waals surface area contributed by atoms with E-state index in [4.69, 9.17) is 4.74 Å². The number of benzene rings is 3. The summed E-state index contributed by atoms with van der Waals surface area (Å²) in [6.07, 6.45) is -4.76. The third-order valence-electron chi connectivity index (χ3n) is 4.58. The number of fused-ring (bicyclic) bond motifs is 1. The molecule has 8 heteroatoms. The van der Waals surface area contributed by atoms with Crippen LogP contribution in [0.5, 0.6) is 17.2 Å². The second kappa shape index (κ2) is 8.16. The van der Waals surface area contributed by atoms with E-state index >= 15 is 0 Å². The van der Waals surface area contributed by atoms with Gasteiger partial charge < -0.3 is 19.6 Å². The molecule has 1 aromatic heterocycles. The zero-order chi connectivity index (χ0) is 22.0. The first-order valence-electron chi connectivity index (χ1n) is 9.23. The van der Waals surface area contributed by atoms with Gasteiger partial charge in [0.15, 0.2) is 5.43 Å². The molecule has 158 valence electrons. The van der Waals surface area contributed by atoms with Crippen molar-refractivity contribution >= 4 is 10.9 Å². The molecule has 5 nitrogen and oxygen atoms in total. The van der Waals surface area contributed by atoms with E-state index < -0.39 is 6.36 Å². The summed E-state index contributed by atoms with van der Waals surface area (Å²) in [6, 6.07) is 18.7. The molecule has 4 aromatic rings. The normalized spacial score (nSPS) is 11.5. The summed E-state index contributed by atoms with van der Waals surface area (Å²) in [5.74, 6) is 0.403. The lowest BCUT2D eigenvalue weighted by Gasteiger charge is -2.12. The van der Waals surface area contributed by atoms with Crippen LogP contribution in [0.15, 0.2) is 77.6 Å². The average Bonchev–Trinajstić information content (AvgIpc) is 2.75. The predicted molar refractivity (Wildman–Crippen MR) is 109 cm³/mol. The lowest BCUT2D eigenvalue weighted by molar-refractivity contribution is -0.274. The number of aromatic amines is 1. The second-order valence-electron chi connectivity index (χ2n) is 6.66. The van der Waals surface area contributed by atoms with Gasteiger partial charge in [-0.25, -0.2) is 0 Å². The minimum atomic E-state index is -4.76. The molecule has 4 rings (SSSR count). The van der Waals surface area contributed by atoms with Crippen LogP contribution in [-0.2, 0) is 6.61 Å². The fourth-order valence-corrected chi connectivity index (χ4v) is 3.25. The van der Waals surface area contributed by atoms with Gasteiger partial charge in [0.2, 0.25) is 0 Å². The molecule has 0 fully saturated rings. The third-order valence-corrected chi connectivity index (χ3v) is 4.58. The van der Waals surface area contributed by atoms with Crippen LogP contribution >= 0.6 is 0 Å². The number of aliphatic hydroxyl groups excluding tert-OH is 1. The number of H-pyrrole nitrogens is 1. The third kappa shape index (κ3) is 4.54. The van der Waals surface area contributed by atoms with Crippen molar-refractivity contribution in [2.24, 2.45) is 0 Å². The zero-order valence-corrected chi connectivity index (χ0v) is 15.9. The molecule has 3 aromatic carbocycles. The van der Waals surface area contributed by atoms with E-state index in [2.05, 4.69) is 9.72 Å². The monoisotopic (exact) mass is 427 g/mol. The van der Waals surface area contributed by atoms with E-state index in [1.807, 2.05) is 0 Å². The highest BCUT2D eigenvalue weighted by atomic mass is 19.4. The summed E-state index contributed by atoms with van der Waals surface area (Å²) >= 11 is 0. The van der Waals surface area contributed by atoms with Gasteiger partial charge in [-0.15, -0.1) is 13.2 Å². The van der Waals surface area contributed by atoms with Crippen molar-refractivity contribution in [2.75, 3.05) is 0 Å². The van der Waals surface area contributed by atoms with E-state index in [-0.39, 0.29) is 17.8 Å². The maximum absolute atomic E-state index is 13.0. The number of ether oxygens (including phenoxy) is 2. The zero-order valence-electron chi connectivity index (χ0n) is 15.9. The standard InChI is InChI=1S/C23H16F3NO4/c24-23(25,26)31-17-11-9-16(10-12-17)30-15-7-5-14(6-8-15)21-20(13-28)27-19-4-2-1-3-18(19)22(21)29/h1-12,28H,13H2,(H,27,29). The molecular formula is C23H16F3NO4. The average molecular weight is 427 g/mol. The van der Waals surface area contributed by atoms with Crippen LogP contribution in [0.2, 0.25) is 0 Å². The highest BCUT2D eigenvalue weighted by molar-refractivity contribution is 5.84. The molecule has 0 atom stereocenters. The highest BCUT2D eigenvalue weighted by Crippen LogP contribution is 2.29. The van der Waals surface area contributed by atoms with Crippen LogP contribution in [0.4, 0.5) is 13.2 Å². The first-order chi connectivity index (χ1) is 14.8. The van der Waals surface area contributed by atoms with E-state index in [1.165, 1.54) is 12.1 Å². The van der Waals surface area contributed by atoms with Crippen LogP contribution in [0.1, 0.15) is 5.69 Å². The van der Waals surface area contributed by atoms with Crippen LogP contribution in [-0.4, -0.2) is 16.5 Å². The van der Waals surface area contributed by atoms with Crippen LogP contribution in [0.3, 0.4) is 0 Å². The number of aromatic nitrogens is 1. The Kier molecular flexibility index (Phi) is 5.39. The number of hydrogen-bond donors (Lipinski definition) is 2. The van der Waals surface area contributed by atoms with Gasteiger partial charge in [0.25, 0.3) is 0 Å². The molecule has 0 aliphatic rings. The Morgan fingerprint density at radius 2 is 1.42 bits per heavy atom. The van der Waals surface area contributed by atoms with Gasteiger partial charge >= 0.3 is 6.36 Å². The van der Waals surface area contributed by atoms with Crippen molar-refractivity contribution in [1.82, 2.24) is 4.98 Å². The molecule has 0 aliphatic heterocycles. The second-order valence-corrected chi connectivity index (χ2v) is 6.66. The maximum atomic E-state index is 13.0. The van der Waals surface area contributed by atoms with Gasteiger partial charge in [0, 0.05) is 10.9 Å². The Labute approximate surface area is 174 Å². The number of aliphatic hydroxyl groups is 1. The maximum Gasteiger partial charge on any atom is 0.573 e. The fourth-order valence-electron chi connectivity index (χ4n) is 3.25. The van der Waals surface area contributed by atoms with Crippen LogP contribution in [0, 0.1) is 0 Å². The Morgan fingerprint density at radius 3 is 2.03 bits per heavy atom. The molecule has 0 bridgehead atoms. The Morgan fingerprint density at radius 1 is 0.839 bits per heavy atom. The summed E-state index contributed by atoms with van der Waals surface area (Å²) in [5, 5.41) is 10.2. The minimum absolute atomic E-state index is 0.202. The molecule has 0 unspecified atom stereocenters. The van der Waals surface area contributed by atoms with Gasteiger partial charge in [-0.1, -0.05) is 24.3 Å². The summed E-state index contributed by atoms with van der Waals surface area (Å²) in [5.41, 5.74) is 1.79. The predicted octanol–water partition coefficient (Wildman–Crippen LogP) is 5.38. The molecule has 0 amide bonds. The van der Waals surface area contributed by atoms with E-state index in [9.17, 15) is 23.1 Å². The molecule has 0 saturated heterocycles. The summed E-state index contributed by atoms with van der Waals surface area (Å²) in [7, 11) is 0. The SMILES string of the molecule is O=c1c(-c2ccc(Oc3ccc(OC(F)(F)F)cc3)cc2)c(CO)[nH]c2ccccc12. The van der Waals surface area contributed by atoms with Crippen molar-refractivity contribution < 1.29 is 27.8 Å². The highest BCUT2D eigenvalue weighted by Gasteiger charge is 2.31. The number of para-hydroxylation sites is 1. The quantitative estimate of drug-likeness (QED) is 0.449. The topological polar surface area (TPSA) is 71.6 Å². The molecule has 2 N–H and O–H groups in total. The molecule has 0 radical (unpaired) electrons. The molecule has 0 saturated carbocycles. The van der Waals surface area contributed by atoms with Crippen LogP contribution in [0.25, 0.3) is 22.0 Å². The lowest BCUT2D eigenvalue weighted by atomic mass is 10.0. The molecule has 31 heavy (non-hydrogen) atoms. The number of halogens is 3. The Hall–Kier alpha value is -3.78. The first-order valence-corrected chi connectivity index (χ1v) is 9.23. The van der Waals surface area contributed by atoms with Gasteiger partial charge in [0.1, 0.15) is 17.2 Å². The van der Waals surface area contributed by atoms with Gasteiger partial charge in [-0.05, 0) is 54.1 Å². The first kappa shape index (κ1) is 20.5. The van der Waals surface area contributed by atoms with Crippen molar-refractivity contribution in [3.8, 4) is 28.4 Å². The van der Waals surface area contributed by atoms with Crippen molar-refractivity contribution in [3.63, 3.8) is 0 Å². The number of pyridine rings is 1. The minimum Gasteiger partial charge on any atom is -0.457 e. The number of rotatable bonds is 5. The van der Waals surface area contributed by atoms with E-state index in [0.717, 1.165) is 12.1 Å². The summed E-state index contributed by atoms with van der Waals surface area (Å²) < 4.78 is 46.2. The van der Waals surface area contributed by atoms with Gasteiger partial charge in [-0.3, -0.25) is 4.79 Å². The largest absolute Gasteiger partial charge is 0.573 e. The molecule has 0 aliphatic carbocycles. The van der Waals surface area contributed by atoms with Crippen molar-refractivity contribution in [1.29, 1.82) is 0 Å². The van der Waals surface area contributed by atoms with Crippen molar-refractivity contribution in [2.45, 2.75) is 13.0 Å². The van der Waals surface area contributed by atoms with Gasteiger partial charge in [0.05, 0.1) is 17.9 Å². The van der Waals surface area contributed by atoms with Gasteiger partial charge in [-0.2, -0.15) is 0 Å². The van der Waals surface area contributed by atoms with E-state index in [1.54, 1.807) is 48.5 Å².